The molecule has 0 saturated carbocycles. The van der Waals surface area contributed by atoms with Crippen molar-refractivity contribution in [1.82, 2.24) is 20.0 Å². The zero-order valence-corrected chi connectivity index (χ0v) is 13.7. The number of amides is 1. The highest BCUT2D eigenvalue weighted by Gasteiger charge is 2.19. The van der Waals surface area contributed by atoms with Crippen molar-refractivity contribution in [2.24, 2.45) is 0 Å². The Hall–Kier alpha value is -2.89. The van der Waals surface area contributed by atoms with Gasteiger partial charge in [-0.05, 0) is 5.56 Å². The van der Waals surface area contributed by atoms with E-state index in [9.17, 15) is 4.79 Å². The highest BCUT2D eigenvalue weighted by atomic mass is 16.5. The molecule has 1 amide bonds. The standard InChI is InChI=1S/C18H20N4O2/c1-13(2)17-10-15(21-24-17)18(23)20-16(11-22-9-8-19-12-22)14-6-4-3-5-7-14/h3-10,12-13,16H,11H2,1-2H3,(H,20,23)/t16-/m1/s1. The van der Waals surface area contributed by atoms with Crippen molar-refractivity contribution in [3.8, 4) is 0 Å². The predicted octanol–water partition coefficient (Wildman–Crippen LogP) is 3.17. The molecule has 0 radical (unpaired) electrons. The summed E-state index contributed by atoms with van der Waals surface area (Å²) in [6, 6.07) is 11.3. The lowest BCUT2D eigenvalue weighted by atomic mass is 10.1. The highest BCUT2D eigenvalue weighted by Crippen LogP contribution is 2.18. The van der Waals surface area contributed by atoms with E-state index in [1.807, 2.05) is 54.9 Å². The van der Waals surface area contributed by atoms with E-state index >= 15 is 0 Å². The summed E-state index contributed by atoms with van der Waals surface area (Å²) in [4.78, 5) is 16.6. The fraction of sp³-hybridized carbons (Fsp3) is 0.278. The second-order valence-corrected chi connectivity index (χ2v) is 5.97. The summed E-state index contributed by atoms with van der Waals surface area (Å²) in [7, 11) is 0. The predicted molar refractivity (Wildman–Crippen MR) is 89.5 cm³/mol. The minimum atomic E-state index is -0.250. The molecule has 0 unspecified atom stereocenters. The Morgan fingerprint density at radius 1 is 1.29 bits per heavy atom. The number of aromatic nitrogens is 3. The molecule has 0 aliphatic rings. The van der Waals surface area contributed by atoms with Gasteiger partial charge in [0.2, 0.25) is 0 Å². The number of nitrogens with zero attached hydrogens (tertiary/aromatic N) is 3. The monoisotopic (exact) mass is 324 g/mol. The van der Waals surface area contributed by atoms with Crippen LogP contribution in [0.5, 0.6) is 0 Å². The molecule has 2 heterocycles. The van der Waals surface area contributed by atoms with Crippen molar-refractivity contribution >= 4 is 5.91 Å². The fourth-order valence-electron chi connectivity index (χ4n) is 2.43. The van der Waals surface area contributed by atoms with Gasteiger partial charge in [-0.15, -0.1) is 0 Å². The van der Waals surface area contributed by atoms with E-state index in [4.69, 9.17) is 4.52 Å². The van der Waals surface area contributed by atoms with Gasteiger partial charge < -0.3 is 14.4 Å². The first-order valence-electron chi connectivity index (χ1n) is 7.91. The van der Waals surface area contributed by atoms with Crippen molar-refractivity contribution in [1.29, 1.82) is 0 Å². The van der Waals surface area contributed by atoms with Gasteiger partial charge in [-0.1, -0.05) is 49.3 Å². The molecule has 1 atom stereocenters. The number of hydrogen-bond acceptors (Lipinski definition) is 4. The summed E-state index contributed by atoms with van der Waals surface area (Å²) in [6.07, 6.45) is 5.32. The molecule has 0 aliphatic heterocycles. The van der Waals surface area contributed by atoms with E-state index in [1.54, 1.807) is 18.6 Å². The maximum Gasteiger partial charge on any atom is 0.274 e. The third-order valence-corrected chi connectivity index (χ3v) is 3.79. The van der Waals surface area contributed by atoms with Crippen LogP contribution >= 0.6 is 0 Å². The molecule has 0 fully saturated rings. The second kappa shape index (κ2) is 7.12. The molecule has 6 heteroatoms. The van der Waals surface area contributed by atoms with Crippen LogP contribution in [-0.4, -0.2) is 20.6 Å². The van der Waals surface area contributed by atoms with Gasteiger partial charge in [-0.2, -0.15) is 0 Å². The maximum atomic E-state index is 12.5. The Labute approximate surface area is 140 Å². The molecule has 0 spiro atoms. The molecule has 2 aromatic heterocycles. The van der Waals surface area contributed by atoms with Crippen LogP contribution in [0.1, 0.15) is 47.6 Å². The minimum Gasteiger partial charge on any atom is -0.360 e. The van der Waals surface area contributed by atoms with Gasteiger partial charge in [-0.3, -0.25) is 4.79 Å². The molecule has 3 rings (SSSR count). The third kappa shape index (κ3) is 3.71. The molecule has 24 heavy (non-hydrogen) atoms. The summed E-state index contributed by atoms with van der Waals surface area (Å²) in [5, 5.41) is 6.91. The molecule has 0 saturated heterocycles. The number of hydrogen-bond donors (Lipinski definition) is 1. The van der Waals surface area contributed by atoms with Gasteiger partial charge in [0.25, 0.3) is 5.91 Å². The first-order valence-corrected chi connectivity index (χ1v) is 7.91. The first-order chi connectivity index (χ1) is 11.6. The van der Waals surface area contributed by atoms with Crippen molar-refractivity contribution in [2.75, 3.05) is 0 Å². The lowest BCUT2D eigenvalue weighted by Gasteiger charge is -2.19. The molecule has 6 nitrogen and oxygen atoms in total. The first kappa shape index (κ1) is 16.0. The van der Waals surface area contributed by atoms with Crippen molar-refractivity contribution in [3.63, 3.8) is 0 Å². The van der Waals surface area contributed by atoms with E-state index in [-0.39, 0.29) is 17.9 Å². The van der Waals surface area contributed by atoms with E-state index in [0.29, 0.717) is 18.0 Å². The van der Waals surface area contributed by atoms with Gasteiger partial charge >= 0.3 is 0 Å². The SMILES string of the molecule is CC(C)c1cc(C(=O)N[C@H](Cn2ccnc2)c2ccccc2)no1. The number of imidazole rings is 1. The third-order valence-electron chi connectivity index (χ3n) is 3.79. The highest BCUT2D eigenvalue weighted by molar-refractivity contribution is 5.92. The van der Waals surface area contributed by atoms with E-state index in [2.05, 4.69) is 15.5 Å². The van der Waals surface area contributed by atoms with Crippen LogP contribution < -0.4 is 5.32 Å². The molecule has 1 aromatic carbocycles. The Kier molecular flexibility index (Phi) is 4.74. The van der Waals surface area contributed by atoms with Gasteiger partial charge in [0, 0.05) is 30.9 Å². The molecule has 124 valence electrons. The van der Waals surface area contributed by atoms with Gasteiger partial charge in [0.15, 0.2) is 5.69 Å². The average molecular weight is 324 g/mol. The Bertz CT molecular complexity index is 778. The summed E-state index contributed by atoms with van der Waals surface area (Å²) in [5.41, 5.74) is 1.32. The Morgan fingerprint density at radius 3 is 2.71 bits per heavy atom. The summed E-state index contributed by atoms with van der Waals surface area (Å²) in [6.45, 7) is 4.58. The molecule has 0 bridgehead atoms. The van der Waals surface area contributed by atoms with Gasteiger partial charge in [0.05, 0.1) is 12.4 Å². The molecule has 1 N–H and O–H groups in total. The largest absolute Gasteiger partial charge is 0.360 e. The van der Waals surface area contributed by atoms with Crippen molar-refractivity contribution < 1.29 is 9.32 Å². The summed E-state index contributed by atoms with van der Waals surface area (Å²) in [5.74, 6) is 0.639. The summed E-state index contributed by atoms with van der Waals surface area (Å²) < 4.78 is 7.15. The Balaban J connectivity index is 1.79. The van der Waals surface area contributed by atoms with Crippen LogP contribution in [0, 0.1) is 0 Å². The lowest BCUT2D eigenvalue weighted by molar-refractivity contribution is 0.0923. The van der Waals surface area contributed by atoms with E-state index < -0.39 is 0 Å². The Morgan fingerprint density at radius 2 is 2.08 bits per heavy atom. The molecular weight excluding hydrogens is 304 g/mol. The average Bonchev–Trinajstić information content (AvgIpc) is 3.26. The van der Waals surface area contributed by atoms with Crippen LogP contribution in [0.4, 0.5) is 0 Å². The molecule has 0 aliphatic carbocycles. The minimum absolute atomic E-state index is 0.188. The van der Waals surface area contributed by atoms with Gasteiger partial charge in [0.1, 0.15) is 5.76 Å². The van der Waals surface area contributed by atoms with Crippen LogP contribution in [0.15, 0.2) is 59.6 Å². The van der Waals surface area contributed by atoms with Crippen LogP contribution in [0.3, 0.4) is 0 Å². The second-order valence-electron chi connectivity index (χ2n) is 5.97. The van der Waals surface area contributed by atoms with E-state index in [1.165, 1.54) is 0 Å². The van der Waals surface area contributed by atoms with Crippen LogP contribution in [0.2, 0.25) is 0 Å². The van der Waals surface area contributed by atoms with Crippen molar-refractivity contribution in [2.45, 2.75) is 32.4 Å². The van der Waals surface area contributed by atoms with Crippen molar-refractivity contribution in [3.05, 3.63) is 72.1 Å². The molecule has 3 aromatic rings. The zero-order valence-electron chi connectivity index (χ0n) is 13.7. The maximum absolute atomic E-state index is 12.5. The molecular formula is C18H20N4O2. The normalized spacial score (nSPS) is 12.3. The number of benzene rings is 1. The fourth-order valence-corrected chi connectivity index (χ4v) is 2.43. The topological polar surface area (TPSA) is 73.0 Å². The number of carbonyl (C=O) groups is 1. The van der Waals surface area contributed by atoms with Crippen LogP contribution in [0.25, 0.3) is 0 Å². The van der Waals surface area contributed by atoms with Crippen LogP contribution in [-0.2, 0) is 6.54 Å². The lowest BCUT2D eigenvalue weighted by Crippen LogP contribution is -2.31. The number of carbonyl (C=O) groups excluding carboxylic acids is 1. The number of nitrogens with one attached hydrogen (secondary N) is 1. The zero-order chi connectivity index (χ0) is 16.9. The van der Waals surface area contributed by atoms with Gasteiger partial charge in [-0.25, -0.2) is 4.98 Å². The summed E-state index contributed by atoms with van der Waals surface area (Å²) >= 11 is 0. The quantitative estimate of drug-likeness (QED) is 0.756. The smallest absolute Gasteiger partial charge is 0.274 e. The van der Waals surface area contributed by atoms with E-state index in [0.717, 1.165) is 5.56 Å². The number of rotatable bonds is 6.